The standard InChI is InChI=1S/C20H27FN4O3S.HI/c1-6-27-16-9-8-14(10-15(16)21)11-23-20(22-5)25-13(4)18-24-12(3)17(29-18)19(26)28-7-2;/h8-10,13H,6-7,11H2,1-5H3,(H2,22,23,25);1H. The molecule has 7 nitrogen and oxygen atoms in total. The molecule has 1 unspecified atom stereocenters. The fraction of sp³-hybridized carbons (Fsp3) is 0.450. The zero-order valence-corrected chi connectivity index (χ0v) is 20.9. The van der Waals surface area contributed by atoms with Gasteiger partial charge in [0, 0.05) is 13.6 Å². The predicted molar refractivity (Wildman–Crippen MR) is 128 cm³/mol. The Kier molecular flexibility index (Phi) is 11.0. The van der Waals surface area contributed by atoms with Gasteiger partial charge in [0.05, 0.1) is 24.9 Å². The molecule has 0 fully saturated rings. The molecule has 2 rings (SSSR count). The summed E-state index contributed by atoms with van der Waals surface area (Å²) in [5.74, 6) is 0.0226. The Morgan fingerprint density at radius 3 is 2.67 bits per heavy atom. The van der Waals surface area contributed by atoms with E-state index in [1.165, 1.54) is 17.4 Å². The molecule has 0 aliphatic carbocycles. The highest BCUT2D eigenvalue weighted by Crippen LogP contribution is 2.24. The minimum Gasteiger partial charge on any atom is -0.491 e. The van der Waals surface area contributed by atoms with E-state index in [2.05, 4.69) is 20.6 Å². The molecule has 0 radical (unpaired) electrons. The summed E-state index contributed by atoms with van der Waals surface area (Å²) >= 11 is 1.30. The van der Waals surface area contributed by atoms with E-state index in [-0.39, 0.29) is 41.7 Å². The molecule has 1 heterocycles. The largest absolute Gasteiger partial charge is 0.491 e. The Hall–Kier alpha value is -1.95. The van der Waals surface area contributed by atoms with E-state index >= 15 is 0 Å². The number of aromatic nitrogens is 1. The van der Waals surface area contributed by atoms with Crippen LogP contribution in [0.25, 0.3) is 0 Å². The van der Waals surface area contributed by atoms with Crippen LogP contribution >= 0.6 is 35.3 Å². The average molecular weight is 550 g/mol. The van der Waals surface area contributed by atoms with Gasteiger partial charge in [-0.25, -0.2) is 14.2 Å². The third kappa shape index (κ3) is 7.08. The summed E-state index contributed by atoms with van der Waals surface area (Å²) in [5, 5.41) is 7.12. The number of hydrogen-bond acceptors (Lipinski definition) is 6. The molecule has 0 spiro atoms. The maximum Gasteiger partial charge on any atom is 0.350 e. The molecule has 1 aromatic carbocycles. The van der Waals surface area contributed by atoms with Crippen LogP contribution in [0.5, 0.6) is 5.75 Å². The van der Waals surface area contributed by atoms with Crippen molar-refractivity contribution < 1.29 is 18.7 Å². The van der Waals surface area contributed by atoms with Gasteiger partial charge in [0.2, 0.25) is 0 Å². The van der Waals surface area contributed by atoms with Crippen LogP contribution in [-0.2, 0) is 11.3 Å². The maximum absolute atomic E-state index is 14.0. The highest BCUT2D eigenvalue weighted by atomic mass is 127. The molecule has 166 valence electrons. The number of esters is 1. The van der Waals surface area contributed by atoms with Gasteiger partial charge in [-0.2, -0.15) is 0 Å². The molecule has 0 saturated carbocycles. The van der Waals surface area contributed by atoms with E-state index in [0.29, 0.717) is 36.3 Å². The van der Waals surface area contributed by atoms with Crippen LogP contribution in [0.3, 0.4) is 0 Å². The van der Waals surface area contributed by atoms with Crippen molar-refractivity contribution in [3.8, 4) is 5.75 Å². The second-order valence-corrected chi connectivity index (χ2v) is 7.21. The SMILES string of the molecule is CCOC(=O)c1sc(C(C)NC(=NC)NCc2ccc(OCC)c(F)c2)nc1C.I. The molecular formula is C20H28FIN4O3S. The number of aryl methyl sites for hydroxylation is 1. The molecule has 0 amide bonds. The summed E-state index contributed by atoms with van der Waals surface area (Å²) in [7, 11) is 1.65. The van der Waals surface area contributed by atoms with Crippen molar-refractivity contribution in [1.29, 1.82) is 0 Å². The third-order valence-corrected chi connectivity index (χ3v) is 5.30. The van der Waals surface area contributed by atoms with Crippen molar-refractivity contribution in [2.75, 3.05) is 20.3 Å². The molecule has 2 aromatic rings. The van der Waals surface area contributed by atoms with Crippen molar-refractivity contribution in [2.45, 2.75) is 40.3 Å². The zero-order valence-electron chi connectivity index (χ0n) is 17.7. The van der Waals surface area contributed by atoms with E-state index in [4.69, 9.17) is 9.47 Å². The van der Waals surface area contributed by atoms with Crippen molar-refractivity contribution in [3.05, 3.63) is 45.2 Å². The number of carbonyl (C=O) groups excluding carboxylic acids is 1. The van der Waals surface area contributed by atoms with Gasteiger partial charge in [-0.05, 0) is 45.4 Å². The number of halogens is 2. The highest BCUT2D eigenvalue weighted by Gasteiger charge is 2.20. The first-order chi connectivity index (χ1) is 13.9. The van der Waals surface area contributed by atoms with Gasteiger partial charge >= 0.3 is 5.97 Å². The fourth-order valence-corrected chi connectivity index (χ4v) is 3.53. The number of guanidine groups is 1. The normalized spacial score (nSPS) is 12.0. The van der Waals surface area contributed by atoms with Crippen molar-refractivity contribution in [3.63, 3.8) is 0 Å². The van der Waals surface area contributed by atoms with Gasteiger partial charge in [0.15, 0.2) is 17.5 Å². The molecule has 0 aliphatic heterocycles. The van der Waals surface area contributed by atoms with Gasteiger partial charge < -0.3 is 20.1 Å². The molecule has 1 aromatic heterocycles. The van der Waals surface area contributed by atoms with E-state index < -0.39 is 5.82 Å². The van der Waals surface area contributed by atoms with Gasteiger partial charge in [0.1, 0.15) is 9.88 Å². The summed E-state index contributed by atoms with van der Waals surface area (Å²) in [6.07, 6.45) is 0. The fourth-order valence-electron chi connectivity index (χ4n) is 2.56. The first-order valence-electron chi connectivity index (χ1n) is 9.42. The summed E-state index contributed by atoms with van der Waals surface area (Å²) in [6, 6.07) is 4.67. The lowest BCUT2D eigenvalue weighted by atomic mass is 10.2. The second kappa shape index (κ2) is 12.7. The Balaban J connectivity index is 0.00000450. The Labute approximate surface area is 197 Å². The summed E-state index contributed by atoms with van der Waals surface area (Å²) < 4.78 is 24.3. The van der Waals surface area contributed by atoms with E-state index in [9.17, 15) is 9.18 Å². The minimum absolute atomic E-state index is 0. The highest BCUT2D eigenvalue weighted by molar-refractivity contribution is 14.0. The quantitative estimate of drug-likeness (QED) is 0.222. The average Bonchev–Trinajstić information content (AvgIpc) is 3.09. The van der Waals surface area contributed by atoms with E-state index in [1.807, 2.05) is 13.8 Å². The van der Waals surface area contributed by atoms with Crippen LogP contribution in [-0.4, -0.2) is 37.2 Å². The number of aliphatic imine (C=N–C) groups is 1. The number of ether oxygens (including phenoxy) is 2. The molecule has 10 heteroatoms. The smallest absolute Gasteiger partial charge is 0.350 e. The number of thiazole rings is 1. The molecule has 0 aliphatic rings. The first-order valence-corrected chi connectivity index (χ1v) is 10.2. The lowest BCUT2D eigenvalue weighted by Gasteiger charge is -2.16. The van der Waals surface area contributed by atoms with Crippen molar-refractivity contribution in [2.24, 2.45) is 4.99 Å². The van der Waals surface area contributed by atoms with Crippen LogP contribution in [0.1, 0.15) is 52.7 Å². The summed E-state index contributed by atoms with van der Waals surface area (Å²) in [4.78, 5) is 21.1. The van der Waals surface area contributed by atoms with Crippen LogP contribution in [0.4, 0.5) is 4.39 Å². The van der Waals surface area contributed by atoms with Gasteiger partial charge in [-0.1, -0.05) is 6.07 Å². The van der Waals surface area contributed by atoms with Gasteiger partial charge in [-0.3, -0.25) is 4.99 Å². The molecule has 2 N–H and O–H groups in total. The number of nitrogens with one attached hydrogen (secondary N) is 2. The lowest BCUT2D eigenvalue weighted by Crippen LogP contribution is -2.38. The van der Waals surface area contributed by atoms with Gasteiger partial charge in [0.25, 0.3) is 0 Å². The molecule has 30 heavy (non-hydrogen) atoms. The van der Waals surface area contributed by atoms with Crippen LogP contribution in [0.2, 0.25) is 0 Å². The monoisotopic (exact) mass is 550 g/mol. The number of nitrogens with zero attached hydrogens (tertiary/aromatic N) is 2. The number of carbonyl (C=O) groups is 1. The van der Waals surface area contributed by atoms with Crippen LogP contribution < -0.4 is 15.4 Å². The predicted octanol–water partition coefficient (Wildman–Crippen LogP) is 4.21. The Bertz CT molecular complexity index is 876. The minimum atomic E-state index is -0.396. The van der Waals surface area contributed by atoms with Crippen molar-refractivity contribution in [1.82, 2.24) is 15.6 Å². The first kappa shape index (κ1) is 26.1. The number of rotatable bonds is 8. The van der Waals surface area contributed by atoms with Gasteiger partial charge in [-0.15, -0.1) is 35.3 Å². The summed E-state index contributed by atoms with van der Waals surface area (Å²) in [6.45, 7) is 8.42. The molecule has 0 saturated heterocycles. The van der Waals surface area contributed by atoms with E-state index in [1.54, 1.807) is 33.0 Å². The van der Waals surface area contributed by atoms with Crippen LogP contribution in [0, 0.1) is 12.7 Å². The van der Waals surface area contributed by atoms with E-state index in [0.717, 1.165) is 10.6 Å². The third-order valence-electron chi connectivity index (χ3n) is 3.98. The number of hydrogen-bond donors (Lipinski definition) is 2. The topological polar surface area (TPSA) is 84.8 Å². The maximum atomic E-state index is 14.0. The second-order valence-electron chi connectivity index (χ2n) is 6.18. The van der Waals surface area contributed by atoms with Crippen molar-refractivity contribution >= 4 is 47.2 Å². The zero-order chi connectivity index (χ0) is 21.4. The molecular weight excluding hydrogens is 522 g/mol. The molecule has 0 bridgehead atoms. The summed E-state index contributed by atoms with van der Waals surface area (Å²) in [5.41, 5.74) is 1.40. The Morgan fingerprint density at radius 1 is 1.33 bits per heavy atom. The number of benzene rings is 1. The molecule has 1 atom stereocenters. The Morgan fingerprint density at radius 2 is 2.07 bits per heavy atom. The lowest BCUT2D eigenvalue weighted by molar-refractivity contribution is 0.0531. The van der Waals surface area contributed by atoms with Crippen LogP contribution in [0.15, 0.2) is 23.2 Å².